The summed E-state index contributed by atoms with van der Waals surface area (Å²) in [6.45, 7) is 0.371. The zero-order valence-electron chi connectivity index (χ0n) is 11.2. The number of nitrogens with one attached hydrogen (secondary N) is 2. The van der Waals surface area contributed by atoms with Gasteiger partial charge in [-0.05, 0) is 24.9 Å². The van der Waals surface area contributed by atoms with Crippen LogP contribution in [0.1, 0.15) is 12.8 Å². The number of halogens is 1. The van der Waals surface area contributed by atoms with Crippen molar-refractivity contribution in [2.45, 2.75) is 18.9 Å². The van der Waals surface area contributed by atoms with Gasteiger partial charge in [-0.25, -0.2) is 4.79 Å². The van der Waals surface area contributed by atoms with Gasteiger partial charge in [0.05, 0.1) is 0 Å². The lowest BCUT2D eigenvalue weighted by Gasteiger charge is -2.12. The summed E-state index contributed by atoms with van der Waals surface area (Å²) >= 11 is 7.00. The van der Waals surface area contributed by atoms with Crippen LogP contribution in [-0.4, -0.2) is 47.5 Å². The molecule has 8 heteroatoms. The van der Waals surface area contributed by atoms with E-state index in [-0.39, 0.29) is 5.57 Å². The van der Waals surface area contributed by atoms with E-state index in [1.807, 2.05) is 6.26 Å². The zero-order chi connectivity index (χ0) is 15.4. The van der Waals surface area contributed by atoms with Gasteiger partial charge in [0, 0.05) is 18.6 Å². The average molecular weight is 320 g/mol. The van der Waals surface area contributed by atoms with Gasteiger partial charge >= 0.3 is 5.97 Å². The Morgan fingerprint density at radius 2 is 2.25 bits per heavy atom. The van der Waals surface area contributed by atoms with E-state index in [0.29, 0.717) is 31.0 Å². The maximum absolute atomic E-state index is 11.6. The van der Waals surface area contributed by atoms with Crippen LogP contribution < -0.4 is 10.6 Å². The van der Waals surface area contributed by atoms with E-state index in [4.69, 9.17) is 22.0 Å². The van der Waals surface area contributed by atoms with Crippen molar-refractivity contribution in [3.05, 3.63) is 11.8 Å². The first kappa shape index (κ1) is 18.6. The Labute approximate surface area is 127 Å². The summed E-state index contributed by atoms with van der Waals surface area (Å²) in [5, 5.41) is 23.0. The molecule has 0 radical (unpaired) electrons. The Hall–Kier alpha value is -1.39. The van der Waals surface area contributed by atoms with Gasteiger partial charge in [-0.2, -0.15) is 17.0 Å². The highest BCUT2D eigenvalue weighted by Gasteiger charge is 2.16. The third-order valence-electron chi connectivity index (χ3n) is 2.30. The summed E-state index contributed by atoms with van der Waals surface area (Å²) in [5.41, 5.74) is -0.157. The maximum atomic E-state index is 11.6. The predicted octanol–water partition coefficient (Wildman–Crippen LogP) is 0.935. The molecular formula is C12H18ClN3O3S. The number of carbonyl (C=O) groups excluding carboxylic acids is 1. The molecule has 1 atom stereocenters. The monoisotopic (exact) mass is 319 g/mol. The number of nitrogens with zero attached hydrogens (tertiary/aromatic N) is 1. The zero-order valence-corrected chi connectivity index (χ0v) is 12.8. The Morgan fingerprint density at radius 1 is 1.55 bits per heavy atom. The van der Waals surface area contributed by atoms with E-state index in [2.05, 4.69) is 10.6 Å². The minimum absolute atomic E-state index is 0.157. The van der Waals surface area contributed by atoms with Gasteiger partial charge in [0.2, 0.25) is 0 Å². The number of hydrogen-bond acceptors (Lipinski definition) is 5. The smallest absolute Gasteiger partial charge is 0.326 e. The summed E-state index contributed by atoms with van der Waals surface area (Å²) in [5.74, 6) is -0.476. The molecule has 112 valence electrons. The van der Waals surface area contributed by atoms with Crippen LogP contribution in [0.15, 0.2) is 11.8 Å². The Bertz CT molecular complexity index is 396. The van der Waals surface area contributed by atoms with Crippen molar-refractivity contribution in [3.8, 4) is 6.07 Å². The standard InChI is InChI=1S/C12H18ClN3O3S/c1-20-6-3-10(12(18)19)16-8-9(7-14)11(17)15-5-2-4-13/h8,10,16H,2-6H2,1H3,(H,15,17)(H,18,19)/b9-8-. The van der Waals surface area contributed by atoms with Gasteiger partial charge in [0.25, 0.3) is 5.91 Å². The molecule has 0 aliphatic heterocycles. The number of nitriles is 1. The van der Waals surface area contributed by atoms with Crippen LogP contribution in [0.4, 0.5) is 0 Å². The summed E-state index contributed by atoms with van der Waals surface area (Å²) < 4.78 is 0. The Kier molecular flexibility index (Phi) is 10.6. The molecule has 1 unspecified atom stereocenters. The molecule has 0 fully saturated rings. The molecule has 0 bridgehead atoms. The number of alkyl halides is 1. The van der Waals surface area contributed by atoms with Crippen LogP contribution >= 0.6 is 23.4 Å². The van der Waals surface area contributed by atoms with E-state index in [1.165, 1.54) is 11.8 Å². The fourth-order valence-electron chi connectivity index (χ4n) is 1.21. The molecule has 6 nitrogen and oxygen atoms in total. The average Bonchev–Trinajstić information content (AvgIpc) is 2.42. The van der Waals surface area contributed by atoms with E-state index >= 15 is 0 Å². The molecule has 0 aromatic heterocycles. The van der Waals surface area contributed by atoms with Crippen LogP contribution in [-0.2, 0) is 9.59 Å². The first-order chi connectivity index (χ1) is 9.56. The second kappa shape index (κ2) is 11.4. The summed E-state index contributed by atoms with van der Waals surface area (Å²) in [4.78, 5) is 22.6. The van der Waals surface area contributed by atoms with E-state index in [0.717, 1.165) is 6.20 Å². The summed E-state index contributed by atoms with van der Waals surface area (Å²) in [6.07, 6.45) is 4.03. The van der Waals surface area contributed by atoms with Crippen molar-refractivity contribution in [1.82, 2.24) is 10.6 Å². The third kappa shape index (κ3) is 7.92. The molecule has 0 aliphatic rings. The van der Waals surface area contributed by atoms with Gasteiger partial charge < -0.3 is 15.7 Å². The first-order valence-electron chi connectivity index (χ1n) is 5.99. The van der Waals surface area contributed by atoms with Gasteiger partial charge in [-0.1, -0.05) is 0 Å². The molecule has 20 heavy (non-hydrogen) atoms. The lowest BCUT2D eigenvalue weighted by molar-refractivity contribution is -0.139. The molecule has 0 aromatic rings. The SMILES string of the molecule is CSCCC(N/C=C(/C#N)C(=O)NCCCCl)C(=O)O. The third-order valence-corrected chi connectivity index (χ3v) is 3.21. The number of rotatable bonds is 10. The minimum Gasteiger partial charge on any atom is -0.480 e. The summed E-state index contributed by atoms with van der Waals surface area (Å²) in [6, 6.07) is 0.916. The van der Waals surface area contributed by atoms with Crippen LogP contribution in [0.5, 0.6) is 0 Å². The molecular weight excluding hydrogens is 302 g/mol. The highest BCUT2D eigenvalue weighted by atomic mass is 35.5. The predicted molar refractivity (Wildman–Crippen MR) is 79.6 cm³/mol. The number of thioether (sulfide) groups is 1. The van der Waals surface area contributed by atoms with E-state index in [9.17, 15) is 9.59 Å². The minimum atomic E-state index is -1.02. The number of carbonyl (C=O) groups is 2. The molecule has 0 rings (SSSR count). The molecule has 1 amide bonds. The quantitative estimate of drug-likeness (QED) is 0.240. The van der Waals surface area contributed by atoms with Crippen molar-refractivity contribution >= 4 is 35.2 Å². The van der Waals surface area contributed by atoms with Crippen molar-refractivity contribution < 1.29 is 14.7 Å². The molecule has 0 saturated heterocycles. The lowest BCUT2D eigenvalue weighted by Crippen LogP contribution is -2.35. The van der Waals surface area contributed by atoms with Crippen molar-refractivity contribution in [3.63, 3.8) is 0 Å². The lowest BCUT2D eigenvalue weighted by atomic mass is 10.2. The van der Waals surface area contributed by atoms with Gasteiger partial charge in [-0.15, -0.1) is 11.6 Å². The van der Waals surface area contributed by atoms with Crippen LogP contribution in [0.2, 0.25) is 0 Å². The highest BCUT2D eigenvalue weighted by molar-refractivity contribution is 7.98. The van der Waals surface area contributed by atoms with E-state index < -0.39 is 17.9 Å². The van der Waals surface area contributed by atoms with E-state index in [1.54, 1.807) is 6.07 Å². The number of amides is 1. The van der Waals surface area contributed by atoms with Crippen LogP contribution in [0, 0.1) is 11.3 Å². The van der Waals surface area contributed by atoms with Gasteiger partial charge in [0.1, 0.15) is 17.7 Å². The van der Waals surface area contributed by atoms with Gasteiger partial charge in [0.15, 0.2) is 0 Å². The normalized spacial score (nSPS) is 12.3. The molecule has 0 aromatic carbocycles. The van der Waals surface area contributed by atoms with Crippen LogP contribution in [0.25, 0.3) is 0 Å². The second-order valence-corrected chi connectivity index (χ2v) is 5.17. The van der Waals surface area contributed by atoms with Crippen molar-refractivity contribution in [2.75, 3.05) is 24.4 Å². The van der Waals surface area contributed by atoms with Gasteiger partial charge in [-0.3, -0.25) is 4.79 Å². The molecule has 0 spiro atoms. The fourth-order valence-corrected chi connectivity index (χ4v) is 1.82. The van der Waals surface area contributed by atoms with Crippen molar-refractivity contribution in [2.24, 2.45) is 0 Å². The molecule has 0 heterocycles. The molecule has 3 N–H and O–H groups in total. The van der Waals surface area contributed by atoms with Crippen molar-refractivity contribution in [1.29, 1.82) is 5.26 Å². The van der Waals surface area contributed by atoms with Crippen LogP contribution in [0.3, 0.4) is 0 Å². The molecule has 0 aliphatic carbocycles. The largest absolute Gasteiger partial charge is 0.480 e. The Morgan fingerprint density at radius 3 is 2.75 bits per heavy atom. The summed E-state index contributed by atoms with van der Waals surface area (Å²) in [7, 11) is 0. The number of aliphatic carboxylic acids is 1. The first-order valence-corrected chi connectivity index (χ1v) is 7.91. The Balaban J connectivity index is 4.51. The highest BCUT2D eigenvalue weighted by Crippen LogP contribution is 2.02. The topological polar surface area (TPSA) is 102 Å². The second-order valence-electron chi connectivity index (χ2n) is 3.81. The number of carboxylic acid groups (broad SMARTS) is 1. The molecule has 0 saturated carbocycles. The fraction of sp³-hybridized carbons (Fsp3) is 0.583. The number of hydrogen-bond donors (Lipinski definition) is 3. The maximum Gasteiger partial charge on any atom is 0.326 e. The number of carboxylic acids is 1.